The van der Waals surface area contributed by atoms with Crippen LogP contribution < -0.4 is 16.4 Å². The number of amides is 2. The highest BCUT2D eigenvalue weighted by atomic mass is 35.5. The molecule has 7 heteroatoms. The number of aryl methyl sites for hydroxylation is 1. The van der Waals surface area contributed by atoms with E-state index >= 15 is 0 Å². The maximum atomic E-state index is 12.3. The van der Waals surface area contributed by atoms with Crippen molar-refractivity contribution < 1.29 is 14.3 Å². The monoisotopic (exact) mass is 375 g/mol. The van der Waals surface area contributed by atoms with Crippen LogP contribution in [0.15, 0.2) is 42.5 Å². The molecule has 4 N–H and O–H groups in total. The molecule has 0 heterocycles. The van der Waals surface area contributed by atoms with Crippen molar-refractivity contribution in [2.75, 3.05) is 25.6 Å². The molecule has 0 fully saturated rings. The van der Waals surface area contributed by atoms with E-state index in [1.54, 1.807) is 19.2 Å². The van der Waals surface area contributed by atoms with Crippen LogP contribution in [0.1, 0.15) is 27.5 Å². The minimum atomic E-state index is -0.800. The third-order valence-corrected chi connectivity index (χ3v) is 4.10. The topological polar surface area (TPSA) is 93.5 Å². The lowest BCUT2D eigenvalue weighted by molar-refractivity contribution is -0.117. The fraction of sp³-hybridized carbons (Fsp3) is 0.263. The Hall–Kier alpha value is -2.41. The smallest absolute Gasteiger partial charge is 0.252 e. The summed E-state index contributed by atoms with van der Waals surface area (Å²) < 4.78 is 4.88. The minimum absolute atomic E-state index is 0.238. The van der Waals surface area contributed by atoms with Gasteiger partial charge in [-0.05, 0) is 30.7 Å². The van der Waals surface area contributed by atoms with E-state index in [1.165, 1.54) is 6.07 Å². The van der Waals surface area contributed by atoms with E-state index < -0.39 is 6.04 Å². The molecule has 2 aromatic carbocycles. The van der Waals surface area contributed by atoms with E-state index in [0.29, 0.717) is 30.0 Å². The lowest BCUT2D eigenvalue weighted by Crippen LogP contribution is -2.28. The molecule has 1 atom stereocenters. The average molecular weight is 376 g/mol. The minimum Gasteiger partial charge on any atom is -0.383 e. The number of carbonyl (C=O) groups excluding carboxylic acids is 2. The first kappa shape index (κ1) is 19.9. The molecule has 0 aliphatic carbocycles. The number of rotatable bonds is 7. The quantitative estimate of drug-likeness (QED) is 0.648. The summed E-state index contributed by atoms with van der Waals surface area (Å²) in [7, 11) is 1.55. The lowest BCUT2D eigenvalue weighted by atomic mass is 10.1. The number of nitrogens with one attached hydrogen (secondary N) is 2. The van der Waals surface area contributed by atoms with Crippen LogP contribution in [0.4, 0.5) is 5.69 Å². The summed E-state index contributed by atoms with van der Waals surface area (Å²) in [5, 5.41) is 5.64. The Morgan fingerprint density at radius 2 is 1.88 bits per heavy atom. The van der Waals surface area contributed by atoms with Crippen molar-refractivity contribution in [1.82, 2.24) is 5.32 Å². The number of ether oxygens (including phenoxy) is 1. The number of hydrogen-bond acceptors (Lipinski definition) is 4. The van der Waals surface area contributed by atoms with Crippen LogP contribution in [0.2, 0.25) is 5.02 Å². The molecule has 6 nitrogen and oxygen atoms in total. The summed E-state index contributed by atoms with van der Waals surface area (Å²) in [6.07, 6.45) is 0. The van der Waals surface area contributed by atoms with E-state index in [9.17, 15) is 9.59 Å². The lowest BCUT2D eigenvalue weighted by Gasteiger charge is -2.14. The fourth-order valence-electron chi connectivity index (χ4n) is 2.28. The van der Waals surface area contributed by atoms with Crippen LogP contribution >= 0.6 is 11.6 Å². The van der Waals surface area contributed by atoms with E-state index in [1.807, 2.05) is 31.2 Å². The van der Waals surface area contributed by atoms with E-state index in [4.69, 9.17) is 22.1 Å². The zero-order valence-corrected chi connectivity index (χ0v) is 15.5. The van der Waals surface area contributed by atoms with Gasteiger partial charge in [0, 0.05) is 19.3 Å². The second kappa shape index (κ2) is 9.33. The second-order valence-electron chi connectivity index (χ2n) is 5.82. The van der Waals surface area contributed by atoms with Crippen LogP contribution in [-0.2, 0) is 9.53 Å². The summed E-state index contributed by atoms with van der Waals surface area (Å²) in [5.41, 5.74) is 8.60. The molecule has 0 aromatic heterocycles. The maximum absolute atomic E-state index is 12.3. The number of methoxy groups -OCH3 is 1. The number of hydrogen-bond donors (Lipinski definition) is 3. The van der Waals surface area contributed by atoms with Crippen molar-refractivity contribution in [3.8, 4) is 0 Å². The largest absolute Gasteiger partial charge is 0.383 e. The standard InChI is InChI=1S/C19H22ClN3O3/c1-12-3-5-13(6-4-12)17(21)19(25)23-14-7-8-15(16(20)11-14)18(24)22-9-10-26-2/h3-8,11,17H,9-10,21H2,1-2H3,(H,22,24)(H,23,25). The van der Waals surface area contributed by atoms with Crippen LogP contribution in [0.25, 0.3) is 0 Å². The summed E-state index contributed by atoms with van der Waals surface area (Å²) >= 11 is 6.16. The third-order valence-electron chi connectivity index (χ3n) is 3.79. The zero-order valence-electron chi connectivity index (χ0n) is 14.7. The van der Waals surface area contributed by atoms with Crippen LogP contribution in [-0.4, -0.2) is 32.1 Å². The van der Waals surface area contributed by atoms with E-state index in [-0.39, 0.29) is 16.8 Å². The molecule has 0 spiro atoms. The molecular formula is C19H22ClN3O3. The highest BCUT2D eigenvalue weighted by Gasteiger charge is 2.17. The SMILES string of the molecule is COCCNC(=O)c1ccc(NC(=O)C(N)c2ccc(C)cc2)cc1Cl. The Morgan fingerprint density at radius 3 is 2.50 bits per heavy atom. The Morgan fingerprint density at radius 1 is 1.19 bits per heavy atom. The van der Waals surface area contributed by atoms with Gasteiger partial charge in [0.25, 0.3) is 5.91 Å². The number of anilines is 1. The molecule has 0 saturated carbocycles. The van der Waals surface area contributed by atoms with Gasteiger partial charge < -0.3 is 21.1 Å². The maximum Gasteiger partial charge on any atom is 0.252 e. The zero-order chi connectivity index (χ0) is 19.1. The highest BCUT2D eigenvalue weighted by molar-refractivity contribution is 6.34. The van der Waals surface area contributed by atoms with E-state index in [2.05, 4.69) is 10.6 Å². The number of nitrogens with two attached hydrogens (primary N) is 1. The van der Waals surface area contributed by atoms with Gasteiger partial charge in [0.15, 0.2) is 0 Å². The molecule has 0 bridgehead atoms. The first-order valence-electron chi connectivity index (χ1n) is 8.12. The fourth-order valence-corrected chi connectivity index (χ4v) is 2.55. The molecule has 1 unspecified atom stereocenters. The third kappa shape index (κ3) is 5.29. The summed E-state index contributed by atoms with van der Waals surface area (Å²) in [4.78, 5) is 24.4. The van der Waals surface area contributed by atoms with Crippen molar-refractivity contribution in [1.29, 1.82) is 0 Å². The summed E-state index contributed by atoms with van der Waals surface area (Å²) in [5.74, 6) is -0.663. The van der Waals surface area contributed by atoms with Crippen molar-refractivity contribution in [3.63, 3.8) is 0 Å². The summed E-state index contributed by atoms with van der Waals surface area (Å²) in [6.45, 7) is 2.76. The number of carbonyl (C=O) groups is 2. The van der Waals surface area contributed by atoms with E-state index in [0.717, 1.165) is 5.56 Å². The average Bonchev–Trinajstić information content (AvgIpc) is 2.62. The predicted octanol–water partition coefficient (Wildman–Crippen LogP) is 2.66. The van der Waals surface area contributed by atoms with Gasteiger partial charge in [-0.3, -0.25) is 9.59 Å². The molecule has 2 amide bonds. The van der Waals surface area contributed by atoms with Crippen LogP contribution in [0.3, 0.4) is 0 Å². The molecule has 2 aromatic rings. The van der Waals surface area contributed by atoms with Crippen LogP contribution in [0.5, 0.6) is 0 Å². The van der Waals surface area contributed by atoms with Gasteiger partial charge in [-0.2, -0.15) is 0 Å². The van der Waals surface area contributed by atoms with Gasteiger partial charge in [0.1, 0.15) is 6.04 Å². The first-order valence-corrected chi connectivity index (χ1v) is 8.50. The summed E-state index contributed by atoms with van der Waals surface area (Å²) in [6, 6.07) is 11.3. The van der Waals surface area contributed by atoms with Crippen LogP contribution in [0, 0.1) is 6.92 Å². The molecule has 0 saturated heterocycles. The Bertz CT molecular complexity index is 778. The van der Waals surface area contributed by atoms with Crippen molar-refractivity contribution >= 4 is 29.1 Å². The molecule has 2 rings (SSSR count). The van der Waals surface area contributed by atoms with Gasteiger partial charge in [-0.25, -0.2) is 0 Å². The Labute approximate surface area is 157 Å². The van der Waals surface area contributed by atoms with Gasteiger partial charge in [-0.15, -0.1) is 0 Å². The first-order chi connectivity index (χ1) is 12.4. The molecule has 26 heavy (non-hydrogen) atoms. The Kier molecular flexibility index (Phi) is 7.15. The highest BCUT2D eigenvalue weighted by Crippen LogP contribution is 2.22. The van der Waals surface area contributed by atoms with Gasteiger partial charge in [-0.1, -0.05) is 41.4 Å². The molecule has 0 aliphatic rings. The van der Waals surface area contributed by atoms with Gasteiger partial charge in [0.2, 0.25) is 5.91 Å². The van der Waals surface area contributed by atoms with Crippen molar-refractivity contribution in [2.24, 2.45) is 5.73 Å². The van der Waals surface area contributed by atoms with Crippen molar-refractivity contribution in [2.45, 2.75) is 13.0 Å². The van der Waals surface area contributed by atoms with Gasteiger partial charge in [0.05, 0.1) is 17.2 Å². The predicted molar refractivity (Wildman–Crippen MR) is 102 cm³/mol. The van der Waals surface area contributed by atoms with Crippen molar-refractivity contribution in [3.05, 3.63) is 64.2 Å². The number of benzene rings is 2. The normalized spacial score (nSPS) is 11.7. The second-order valence-corrected chi connectivity index (χ2v) is 6.23. The molecule has 0 radical (unpaired) electrons. The van der Waals surface area contributed by atoms with Gasteiger partial charge >= 0.3 is 0 Å². The molecule has 0 aliphatic heterocycles. The Balaban J connectivity index is 2.03. The molecular weight excluding hydrogens is 354 g/mol. The number of halogens is 1. The molecule has 138 valence electrons.